The smallest absolute Gasteiger partial charge is 0.102 e. The lowest BCUT2D eigenvalue weighted by Crippen LogP contribution is -2.28. The van der Waals surface area contributed by atoms with E-state index in [-0.39, 0.29) is 13.2 Å². The summed E-state index contributed by atoms with van der Waals surface area (Å²) in [5, 5.41) is 8.85. The van der Waals surface area contributed by atoms with Gasteiger partial charge in [-0.3, -0.25) is 10.3 Å². The zero-order valence-electron chi connectivity index (χ0n) is 6.13. The number of hydrogen-bond acceptors (Lipinski definition) is 4. The van der Waals surface area contributed by atoms with Crippen LogP contribution in [0.25, 0.3) is 0 Å². The number of aliphatic hydroxyl groups excluding tert-OH is 1. The van der Waals surface area contributed by atoms with E-state index in [0.29, 0.717) is 5.70 Å². The lowest BCUT2D eigenvalue weighted by atomic mass is 10.4. The van der Waals surface area contributed by atoms with Crippen LogP contribution in [0, 0.1) is 0 Å². The van der Waals surface area contributed by atoms with Crippen LogP contribution in [0.1, 0.15) is 6.92 Å². The van der Waals surface area contributed by atoms with Gasteiger partial charge in [0, 0.05) is 12.2 Å². The predicted octanol–water partition coefficient (Wildman–Crippen LogP) is -0.639. The van der Waals surface area contributed by atoms with Gasteiger partial charge in [-0.25, -0.2) is 0 Å². The van der Waals surface area contributed by atoms with Gasteiger partial charge in [0.25, 0.3) is 0 Å². The number of allylic oxidation sites excluding steroid dienone is 1. The van der Waals surface area contributed by atoms with Crippen molar-refractivity contribution in [2.75, 3.05) is 13.2 Å². The Balaban J connectivity index is 3.11. The molecule has 60 valence electrons. The summed E-state index contributed by atoms with van der Waals surface area (Å²) in [6.07, 6.45) is -0.605. The van der Waals surface area contributed by atoms with Crippen LogP contribution >= 0.6 is 0 Å². The maximum Gasteiger partial charge on any atom is 0.102 e. The van der Waals surface area contributed by atoms with Crippen molar-refractivity contribution in [3.05, 3.63) is 12.3 Å². The molecule has 1 atom stereocenters. The first-order valence-electron chi connectivity index (χ1n) is 3.08. The summed E-state index contributed by atoms with van der Waals surface area (Å²) in [7, 11) is 0. The molecule has 0 bridgehead atoms. The van der Waals surface area contributed by atoms with Crippen molar-refractivity contribution in [3.63, 3.8) is 0 Å². The standard InChI is InChI=1S/C6H14N2O2/c1-5(2)8-10-4-6(9)3-7/h6,8-9H,1,3-4,7H2,2H3. The lowest BCUT2D eigenvalue weighted by Gasteiger charge is -2.08. The maximum absolute atomic E-state index is 8.85. The van der Waals surface area contributed by atoms with E-state index in [4.69, 9.17) is 15.7 Å². The summed E-state index contributed by atoms with van der Waals surface area (Å²) >= 11 is 0. The van der Waals surface area contributed by atoms with Crippen LogP contribution in [0.4, 0.5) is 0 Å². The topological polar surface area (TPSA) is 67.5 Å². The van der Waals surface area contributed by atoms with Crippen LogP contribution in [0.2, 0.25) is 0 Å². The molecule has 0 amide bonds. The van der Waals surface area contributed by atoms with Gasteiger partial charge in [-0.05, 0) is 6.92 Å². The number of nitrogens with one attached hydrogen (secondary N) is 1. The van der Waals surface area contributed by atoms with E-state index in [1.54, 1.807) is 6.92 Å². The normalized spacial score (nSPS) is 12.7. The van der Waals surface area contributed by atoms with E-state index in [1.807, 2.05) is 0 Å². The van der Waals surface area contributed by atoms with Crippen molar-refractivity contribution in [1.82, 2.24) is 5.48 Å². The van der Waals surface area contributed by atoms with Gasteiger partial charge in [-0.15, -0.1) is 0 Å². The first-order valence-corrected chi connectivity index (χ1v) is 3.08. The van der Waals surface area contributed by atoms with Gasteiger partial charge in [0.05, 0.1) is 6.10 Å². The molecule has 10 heavy (non-hydrogen) atoms. The highest BCUT2D eigenvalue weighted by Crippen LogP contribution is 1.82. The minimum atomic E-state index is -0.605. The average molecular weight is 146 g/mol. The van der Waals surface area contributed by atoms with Gasteiger partial charge >= 0.3 is 0 Å². The second kappa shape index (κ2) is 5.22. The highest BCUT2D eigenvalue weighted by molar-refractivity contribution is 4.79. The van der Waals surface area contributed by atoms with Crippen molar-refractivity contribution in [2.45, 2.75) is 13.0 Å². The van der Waals surface area contributed by atoms with Crippen molar-refractivity contribution in [1.29, 1.82) is 0 Å². The third-order valence-electron chi connectivity index (χ3n) is 0.794. The molecule has 0 fully saturated rings. The number of aliphatic hydroxyl groups is 1. The molecule has 0 saturated carbocycles. The maximum atomic E-state index is 8.85. The second-order valence-electron chi connectivity index (χ2n) is 2.08. The van der Waals surface area contributed by atoms with Crippen LogP contribution < -0.4 is 11.2 Å². The van der Waals surface area contributed by atoms with Crippen molar-refractivity contribution in [2.24, 2.45) is 5.73 Å². The van der Waals surface area contributed by atoms with Gasteiger partial charge in [0.15, 0.2) is 0 Å². The molecule has 0 aliphatic carbocycles. The Bertz CT molecular complexity index is 106. The summed E-state index contributed by atoms with van der Waals surface area (Å²) in [4.78, 5) is 4.77. The van der Waals surface area contributed by atoms with E-state index >= 15 is 0 Å². The van der Waals surface area contributed by atoms with Crippen molar-refractivity contribution >= 4 is 0 Å². The van der Waals surface area contributed by atoms with E-state index < -0.39 is 6.10 Å². The quantitative estimate of drug-likeness (QED) is 0.451. The summed E-state index contributed by atoms with van der Waals surface area (Å²) in [6, 6.07) is 0. The van der Waals surface area contributed by atoms with Gasteiger partial charge < -0.3 is 10.8 Å². The van der Waals surface area contributed by atoms with Gasteiger partial charge in [-0.1, -0.05) is 6.58 Å². The summed E-state index contributed by atoms with van der Waals surface area (Å²) in [5.41, 5.74) is 8.31. The molecule has 0 rings (SSSR count). The molecule has 0 spiro atoms. The fourth-order valence-electron chi connectivity index (χ4n) is 0.329. The molecule has 0 aliphatic rings. The Morgan fingerprint density at radius 2 is 2.50 bits per heavy atom. The van der Waals surface area contributed by atoms with Gasteiger partial charge in [-0.2, -0.15) is 0 Å². The minimum absolute atomic E-state index is 0.184. The lowest BCUT2D eigenvalue weighted by molar-refractivity contribution is -0.00180. The summed E-state index contributed by atoms with van der Waals surface area (Å²) in [5.74, 6) is 0. The SMILES string of the molecule is C=C(C)NOCC(O)CN. The molecule has 4 heteroatoms. The van der Waals surface area contributed by atoms with Crippen LogP contribution in [-0.2, 0) is 4.84 Å². The predicted molar refractivity (Wildman–Crippen MR) is 39.0 cm³/mol. The van der Waals surface area contributed by atoms with E-state index in [2.05, 4.69) is 12.1 Å². The highest BCUT2D eigenvalue weighted by atomic mass is 16.6. The summed E-state index contributed by atoms with van der Waals surface area (Å²) in [6.45, 7) is 5.68. The Labute approximate surface area is 60.6 Å². The van der Waals surface area contributed by atoms with E-state index in [0.717, 1.165) is 0 Å². The molecule has 0 heterocycles. The Morgan fingerprint density at radius 1 is 1.90 bits per heavy atom. The van der Waals surface area contributed by atoms with Crippen LogP contribution in [0.5, 0.6) is 0 Å². The van der Waals surface area contributed by atoms with Crippen LogP contribution in [0.15, 0.2) is 12.3 Å². The van der Waals surface area contributed by atoms with Crippen molar-refractivity contribution in [3.8, 4) is 0 Å². The number of rotatable bonds is 5. The fraction of sp³-hybridized carbons (Fsp3) is 0.667. The van der Waals surface area contributed by atoms with Crippen LogP contribution in [0.3, 0.4) is 0 Å². The molecule has 4 N–H and O–H groups in total. The second-order valence-corrected chi connectivity index (χ2v) is 2.08. The molecule has 0 saturated heterocycles. The molecule has 4 nitrogen and oxygen atoms in total. The van der Waals surface area contributed by atoms with Gasteiger partial charge in [0.2, 0.25) is 0 Å². The number of hydroxylamine groups is 1. The zero-order valence-corrected chi connectivity index (χ0v) is 6.13. The average Bonchev–Trinajstić information content (AvgIpc) is 1.87. The first-order chi connectivity index (χ1) is 4.66. The van der Waals surface area contributed by atoms with Crippen molar-refractivity contribution < 1.29 is 9.94 Å². The molecule has 0 radical (unpaired) electrons. The molecule has 0 aromatic rings. The Hall–Kier alpha value is -0.580. The monoisotopic (exact) mass is 146 g/mol. The molecule has 0 aromatic carbocycles. The molecular weight excluding hydrogens is 132 g/mol. The first kappa shape index (κ1) is 9.42. The Kier molecular flexibility index (Phi) is 4.92. The van der Waals surface area contributed by atoms with E-state index in [9.17, 15) is 0 Å². The minimum Gasteiger partial charge on any atom is -0.389 e. The van der Waals surface area contributed by atoms with E-state index in [1.165, 1.54) is 0 Å². The molecule has 0 aromatic heterocycles. The number of nitrogens with two attached hydrogens (primary N) is 1. The fourth-order valence-corrected chi connectivity index (χ4v) is 0.329. The Morgan fingerprint density at radius 3 is 2.90 bits per heavy atom. The summed E-state index contributed by atoms with van der Waals surface area (Å²) < 4.78 is 0. The molecular formula is C6H14N2O2. The third kappa shape index (κ3) is 5.55. The third-order valence-corrected chi connectivity index (χ3v) is 0.794. The molecule has 1 unspecified atom stereocenters. The number of hydrogen-bond donors (Lipinski definition) is 3. The largest absolute Gasteiger partial charge is 0.389 e. The van der Waals surface area contributed by atoms with Crippen LogP contribution in [-0.4, -0.2) is 24.4 Å². The zero-order chi connectivity index (χ0) is 7.98. The van der Waals surface area contributed by atoms with Gasteiger partial charge in [0.1, 0.15) is 6.61 Å². The molecule has 0 aliphatic heterocycles. The highest BCUT2D eigenvalue weighted by Gasteiger charge is 1.98.